The molecule has 74 valence electrons. The third-order valence-corrected chi connectivity index (χ3v) is 1.75. The molecule has 0 spiro atoms. The predicted molar refractivity (Wildman–Crippen MR) is 62.0 cm³/mol. The van der Waals surface area contributed by atoms with Crippen molar-refractivity contribution < 1.29 is 5.11 Å². The molecule has 1 aromatic carbocycles. The molecule has 0 aliphatic carbocycles. The van der Waals surface area contributed by atoms with Crippen LogP contribution in [-0.4, -0.2) is 16.4 Å². The summed E-state index contributed by atoms with van der Waals surface area (Å²) in [4.78, 5) is 0. The van der Waals surface area contributed by atoms with Crippen molar-refractivity contribution in [3.8, 4) is 0 Å². The third-order valence-electron chi connectivity index (χ3n) is 1.53. The number of para-hydroxylation sites is 1. The van der Waals surface area contributed by atoms with Crippen molar-refractivity contribution in [2.75, 3.05) is 5.32 Å². The van der Waals surface area contributed by atoms with Crippen LogP contribution in [0.2, 0.25) is 0 Å². The van der Waals surface area contributed by atoms with Gasteiger partial charge in [0.15, 0.2) is 5.11 Å². The number of hydrogen-bond donors (Lipinski definition) is 3. The lowest BCUT2D eigenvalue weighted by molar-refractivity contribution is 0.210. The first kappa shape index (κ1) is 10.7. The normalized spacial score (nSPS) is 11.5. The molecule has 0 aliphatic heterocycles. The van der Waals surface area contributed by atoms with Gasteiger partial charge < -0.3 is 15.7 Å². The van der Waals surface area contributed by atoms with Crippen molar-refractivity contribution in [2.45, 2.75) is 6.23 Å². The van der Waals surface area contributed by atoms with E-state index in [9.17, 15) is 0 Å². The van der Waals surface area contributed by atoms with Crippen LogP contribution in [0.3, 0.4) is 0 Å². The monoisotopic (exact) mass is 208 g/mol. The summed E-state index contributed by atoms with van der Waals surface area (Å²) in [5.41, 5.74) is 0.876. The number of anilines is 1. The van der Waals surface area contributed by atoms with E-state index >= 15 is 0 Å². The van der Waals surface area contributed by atoms with Crippen LogP contribution in [0.5, 0.6) is 0 Å². The molecule has 0 bridgehead atoms. The lowest BCUT2D eigenvalue weighted by Crippen LogP contribution is -2.36. The highest BCUT2D eigenvalue weighted by Crippen LogP contribution is 2.04. The zero-order valence-electron chi connectivity index (χ0n) is 7.60. The van der Waals surface area contributed by atoms with E-state index < -0.39 is 6.23 Å². The Kier molecular flexibility index (Phi) is 4.10. The molecule has 4 heteroatoms. The smallest absolute Gasteiger partial charge is 0.173 e. The fraction of sp³-hybridized carbons (Fsp3) is 0.100. The Balaban J connectivity index is 2.46. The summed E-state index contributed by atoms with van der Waals surface area (Å²) in [6.07, 6.45) is 0.539. The lowest BCUT2D eigenvalue weighted by Gasteiger charge is -2.12. The minimum atomic E-state index is -0.821. The Bertz CT molecular complexity index is 313. The molecule has 14 heavy (non-hydrogen) atoms. The summed E-state index contributed by atoms with van der Waals surface area (Å²) >= 11 is 4.95. The highest BCUT2D eigenvalue weighted by molar-refractivity contribution is 7.80. The number of aliphatic hydroxyl groups excluding tert-OH is 1. The van der Waals surface area contributed by atoms with Gasteiger partial charge in [0, 0.05) is 5.69 Å². The zero-order valence-corrected chi connectivity index (χ0v) is 8.42. The average molecular weight is 208 g/mol. The van der Waals surface area contributed by atoms with Gasteiger partial charge >= 0.3 is 0 Å². The molecular weight excluding hydrogens is 196 g/mol. The molecular formula is C10H12N2OS. The van der Waals surface area contributed by atoms with Gasteiger partial charge in [0.05, 0.1) is 0 Å². The van der Waals surface area contributed by atoms with Crippen molar-refractivity contribution in [1.29, 1.82) is 0 Å². The van der Waals surface area contributed by atoms with Crippen LogP contribution >= 0.6 is 12.2 Å². The molecule has 0 aliphatic rings. The zero-order chi connectivity index (χ0) is 10.4. The van der Waals surface area contributed by atoms with Crippen LogP contribution in [0.1, 0.15) is 0 Å². The Morgan fingerprint density at radius 2 is 2.07 bits per heavy atom. The van der Waals surface area contributed by atoms with Gasteiger partial charge in [-0.05, 0) is 30.4 Å². The van der Waals surface area contributed by atoms with E-state index in [0.29, 0.717) is 5.11 Å². The summed E-state index contributed by atoms with van der Waals surface area (Å²) in [5.74, 6) is 0. The van der Waals surface area contributed by atoms with Gasteiger partial charge in [-0.2, -0.15) is 0 Å². The maximum atomic E-state index is 9.15. The quantitative estimate of drug-likeness (QED) is 0.400. The highest BCUT2D eigenvalue weighted by Gasteiger charge is 2.00. The predicted octanol–water partition coefficient (Wildman–Crippen LogP) is 1.48. The number of benzene rings is 1. The molecule has 3 N–H and O–H groups in total. The summed E-state index contributed by atoms with van der Waals surface area (Å²) in [5, 5.41) is 15.1. The van der Waals surface area contributed by atoms with E-state index in [1.54, 1.807) is 0 Å². The Labute approximate surface area is 88.5 Å². The van der Waals surface area contributed by atoms with E-state index in [0.717, 1.165) is 5.69 Å². The molecule has 1 atom stereocenters. The first-order valence-corrected chi connectivity index (χ1v) is 4.56. The van der Waals surface area contributed by atoms with Crippen molar-refractivity contribution in [3.63, 3.8) is 0 Å². The van der Waals surface area contributed by atoms with Gasteiger partial charge in [-0.15, -0.1) is 0 Å². The number of rotatable bonds is 3. The van der Waals surface area contributed by atoms with Crippen molar-refractivity contribution >= 4 is 23.0 Å². The SMILES string of the molecule is C=CC(O)NC(=S)Nc1ccccc1. The first-order chi connectivity index (χ1) is 6.72. The Morgan fingerprint density at radius 3 is 2.64 bits per heavy atom. The van der Waals surface area contributed by atoms with Crippen LogP contribution in [-0.2, 0) is 0 Å². The molecule has 0 saturated carbocycles. The third kappa shape index (κ3) is 3.55. The van der Waals surface area contributed by atoms with E-state index in [4.69, 9.17) is 17.3 Å². The second-order valence-electron chi connectivity index (χ2n) is 2.65. The average Bonchev–Trinajstić information content (AvgIpc) is 2.19. The Hall–Kier alpha value is -1.39. The van der Waals surface area contributed by atoms with Crippen LogP contribution in [0.4, 0.5) is 5.69 Å². The molecule has 0 aromatic heterocycles. The van der Waals surface area contributed by atoms with Gasteiger partial charge in [-0.3, -0.25) is 0 Å². The van der Waals surface area contributed by atoms with Gasteiger partial charge in [0.1, 0.15) is 6.23 Å². The first-order valence-electron chi connectivity index (χ1n) is 4.15. The van der Waals surface area contributed by atoms with E-state index in [1.165, 1.54) is 6.08 Å². The molecule has 0 amide bonds. The second kappa shape index (κ2) is 5.36. The maximum Gasteiger partial charge on any atom is 0.173 e. The van der Waals surface area contributed by atoms with E-state index in [-0.39, 0.29) is 0 Å². The summed E-state index contributed by atoms with van der Waals surface area (Å²) in [6.45, 7) is 3.42. The fourth-order valence-electron chi connectivity index (χ4n) is 0.882. The molecule has 0 saturated heterocycles. The van der Waals surface area contributed by atoms with Crippen LogP contribution in [0, 0.1) is 0 Å². The van der Waals surface area contributed by atoms with Crippen molar-refractivity contribution in [3.05, 3.63) is 43.0 Å². The standard InChI is InChI=1S/C10H12N2OS/c1-2-9(13)12-10(14)11-8-6-4-3-5-7-8/h2-7,9,13H,1H2,(H2,11,12,14). The number of aliphatic hydroxyl groups is 1. The lowest BCUT2D eigenvalue weighted by atomic mass is 10.3. The van der Waals surface area contributed by atoms with E-state index in [2.05, 4.69) is 17.2 Å². The highest BCUT2D eigenvalue weighted by atomic mass is 32.1. The topological polar surface area (TPSA) is 44.3 Å². The number of nitrogens with one attached hydrogen (secondary N) is 2. The van der Waals surface area contributed by atoms with Crippen LogP contribution < -0.4 is 10.6 Å². The molecule has 1 unspecified atom stereocenters. The summed E-state index contributed by atoms with van der Waals surface area (Å²) in [6, 6.07) is 9.48. The fourth-order valence-corrected chi connectivity index (χ4v) is 1.12. The van der Waals surface area contributed by atoms with Gasteiger partial charge in [-0.25, -0.2) is 0 Å². The molecule has 1 aromatic rings. The van der Waals surface area contributed by atoms with Gasteiger partial charge in [-0.1, -0.05) is 24.8 Å². The molecule has 0 fully saturated rings. The van der Waals surface area contributed by atoms with Gasteiger partial charge in [0.25, 0.3) is 0 Å². The summed E-state index contributed by atoms with van der Waals surface area (Å²) < 4.78 is 0. The number of thiocarbonyl (C=S) groups is 1. The largest absolute Gasteiger partial charge is 0.370 e. The Morgan fingerprint density at radius 1 is 1.43 bits per heavy atom. The van der Waals surface area contributed by atoms with Crippen LogP contribution in [0.15, 0.2) is 43.0 Å². The minimum absolute atomic E-state index is 0.364. The van der Waals surface area contributed by atoms with Crippen LogP contribution in [0.25, 0.3) is 0 Å². The number of hydrogen-bond acceptors (Lipinski definition) is 2. The maximum absolute atomic E-state index is 9.15. The molecule has 0 heterocycles. The molecule has 1 rings (SSSR count). The van der Waals surface area contributed by atoms with E-state index in [1.807, 2.05) is 30.3 Å². The van der Waals surface area contributed by atoms with Crippen molar-refractivity contribution in [2.24, 2.45) is 0 Å². The minimum Gasteiger partial charge on any atom is -0.370 e. The summed E-state index contributed by atoms with van der Waals surface area (Å²) in [7, 11) is 0. The molecule has 0 radical (unpaired) electrons. The van der Waals surface area contributed by atoms with Crippen molar-refractivity contribution in [1.82, 2.24) is 5.32 Å². The van der Waals surface area contributed by atoms with Gasteiger partial charge in [0.2, 0.25) is 0 Å². The second-order valence-corrected chi connectivity index (χ2v) is 3.05. The molecule has 3 nitrogen and oxygen atoms in total.